The van der Waals surface area contributed by atoms with E-state index < -0.39 is 0 Å². The molecular formula is C27H34N2O4. The summed E-state index contributed by atoms with van der Waals surface area (Å²) in [6.45, 7) is 5.20. The van der Waals surface area contributed by atoms with E-state index in [2.05, 4.69) is 11.8 Å². The summed E-state index contributed by atoms with van der Waals surface area (Å²) >= 11 is 0. The minimum absolute atomic E-state index is 0.202. The van der Waals surface area contributed by atoms with Crippen LogP contribution in [0.25, 0.3) is 0 Å². The first-order valence-corrected chi connectivity index (χ1v) is 12.1. The molecule has 3 aliphatic rings. The van der Waals surface area contributed by atoms with Gasteiger partial charge in [0.2, 0.25) is 0 Å². The zero-order valence-corrected chi connectivity index (χ0v) is 19.8. The largest absolute Gasteiger partial charge is 0.504 e. The summed E-state index contributed by atoms with van der Waals surface area (Å²) in [5.41, 5.74) is 5.97. The van der Waals surface area contributed by atoms with Crippen LogP contribution in [0.3, 0.4) is 0 Å². The Morgan fingerprint density at radius 2 is 1.70 bits per heavy atom. The molecule has 3 atom stereocenters. The van der Waals surface area contributed by atoms with Crippen molar-refractivity contribution in [2.45, 2.75) is 45.1 Å². The first-order chi connectivity index (χ1) is 16.0. The number of benzene rings is 2. The number of methoxy groups -OCH3 is 2. The maximum atomic E-state index is 10.3. The van der Waals surface area contributed by atoms with Gasteiger partial charge in [-0.1, -0.05) is 13.3 Å². The summed E-state index contributed by atoms with van der Waals surface area (Å²) in [5.74, 6) is 2.64. The quantitative estimate of drug-likeness (QED) is 0.702. The van der Waals surface area contributed by atoms with E-state index in [0.717, 1.165) is 68.6 Å². The zero-order chi connectivity index (χ0) is 23.1. The highest BCUT2D eigenvalue weighted by Gasteiger charge is 2.39. The van der Waals surface area contributed by atoms with Gasteiger partial charge in [0.1, 0.15) is 0 Å². The van der Waals surface area contributed by atoms with E-state index in [1.165, 1.54) is 11.1 Å². The van der Waals surface area contributed by atoms with Gasteiger partial charge in [-0.3, -0.25) is 9.89 Å². The maximum absolute atomic E-state index is 10.3. The smallest absolute Gasteiger partial charge is 0.161 e. The number of aromatic hydroxyl groups is 2. The van der Waals surface area contributed by atoms with Gasteiger partial charge < -0.3 is 19.7 Å². The van der Waals surface area contributed by atoms with Crippen molar-refractivity contribution >= 4 is 5.71 Å². The third-order valence-corrected chi connectivity index (χ3v) is 7.95. The van der Waals surface area contributed by atoms with Gasteiger partial charge in [-0.15, -0.1) is 0 Å². The molecule has 0 radical (unpaired) electrons. The lowest BCUT2D eigenvalue weighted by Crippen LogP contribution is -2.46. The van der Waals surface area contributed by atoms with E-state index in [9.17, 15) is 10.2 Å². The Hall–Kier alpha value is -2.73. The summed E-state index contributed by atoms with van der Waals surface area (Å²) in [5, 5.41) is 20.5. The molecular weight excluding hydrogens is 416 g/mol. The van der Waals surface area contributed by atoms with Gasteiger partial charge >= 0.3 is 0 Å². The summed E-state index contributed by atoms with van der Waals surface area (Å²) in [4.78, 5) is 7.56. The van der Waals surface area contributed by atoms with E-state index in [1.54, 1.807) is 14.2 Å². The molecule has 6 nitrogen and oxygen atoms in total. The van der Waals surface area contributed by atoms with Crippen molar-refractivity contribution in [3.8, 4) is 23.0 Å². The molecule has 5 rings (SSSR count). The lowest BCUT2D eigenvalue weighted by atomic mass is 9.73. The van der Waals surface area contributed by atoms with E-state index in [4.69, 9.17) is 14.5 Å². The third-order valence-electron chi connectivity index (χ3n) is 7.95. The molecule has 0 spiro atoms. The molecule has 1 saturated heterocycles. The van der Waals surface area contributed by atoms with E-state index in [-0.39, 0.29) is 11.5 Å². The molecule has 0 saturated carbocycles. The molecule has 0 aromatic heterocycles. The van der Waals surface area contributed by atoms with Gasteiger partial charge in [-0.25, -0.2) is 0 Å². The van der Waals surface area contributed by atoms with Gasteiger partial charge in [-0.05, 0) is 78.5 Å². The Kier molecular flexibility index (Phi) is 5.95. The standard InChI is InChI=1S/C27H34N2O4/c1-4-16-15-29-8-6-18-12-25(31)27(33-3)14-21(18)23(29)10-19(16)9-22-20-13-26(32-2)24(30)11-17(20)5-7-28-22/h11-14,16,19,23,30-31H,4-10,15H2,1-3H3/t16-,19-,23-/m0/s1. The predicted octanol–water partition coefficient (Wildman–Crippen LogP) is 4.50. The molecule has 2 aromatic carbocycles. The Labute approximate surface area is 195 Å². The lowest BCUT2D eigenvalue weighted by molar-refractivity contribution is 0.0546. The number of piperidine rings is 1. The fraction of sp³-hybridized carbons (Fsp3) is 0.519. The second kappa shape index (κ2) is 8.90. The normalized spacial score (nSPS) is 24.3. The van der Waals surface area contributed by atoms with Crippen LogP contribution in [0.2, 0.25) is 0 Å². The van der Waals surface area contributed by atoms with Gasteiger partial charge in [0.25, 0.3) is 0 Å². The molecule has 0 bridgehead atoms. The average Bonchev–Trinajstić information content (AvgIpc) is 2.82. The van der Waals surface area contributed by atoms with Crippen molar-refractivity contribution in [1.29, 1.82) is 0 Å². The SMILES string of the molecule is CC[C@H]1CN2CCc3cc(O)c(OC)cc3[C@@H]2C[C@@H]1CC1=NCCc2cc(O)c(OC)cc21. The summed E-state index contributed by atoms with van der Waals surface area (Å²) in [7, 11) is 3.21. The number of ether oxygens (including phenoxy) is 2. The van der Waals surface area contributed by atoms with Gasteiger partial charge in [0, 0.05) is 37.0 Å². The van der Waals surface area contributed by atoms with Crippen LogP contribution in [-0.4, -0.2) is 54.7 Å². The molecule has 2 aromatic rings. The molecule has 6 heteroatoms. The number of nitrogens with zero attached hydrogens (tertiary/aromatic N) is 2. The number of aliphatic imine (C=N–C) groups is 1. The maximum Gasteiger partial charge on any atom is 0.161 e. The minimum Gasteiger partial charge on any atom is -0.504 e. The van der Waals surface area contributed by atoms with Crippen molar-refractivity contribution < 1.29 is 19.7 Å². The Balaban J connectivity index is 1.44. The van der Waals surface area contributed by atoms with Crippen LogP contribution in [0, 0.1) is 11.8 Å². The molecule has 3 aliphatic heterocycles. The van der Waals surface area contributed by atoms with Crippen LogP contribution in [0.15, 0.2) is 29.3 Å². The van der Waals surface area contributed by atoms with Crippen molar-refractivity contribution in [3.05, 3.63) is 46.5 Å². The van der Waals surface area contributed by atoms with Gasteiger partial charge in [-0.2, -0.15) is 0 Å². The molecule has 0 unspecified atom stereocenters. The second-order valence-corrected chi connectivity index (χ2v) is 9.61. The molecule has 0 amide bonds. The molecule has 0 aliphatic carbocycles. The number of fused-ring (bicyclic) bond motifs is 4. The van der Waals surface area contributed by atoms with Crippen LogP contribution in [-0.2, 0) is 12.8 Å². The Morgan fingerprint density at radius 1 is 0.970 bits per heavy atom. The number of phenolic OH excluding ortho intramolecular Hbond substituents is 2. The second-order valence-electron chi connectivity index (χ2n) is 9.61. The van der Waals surface area contributed by atoms with Crippen molar-refractivity contribution in [1.82, 2.24) is 4.90 Å². The van der Waals surface area contributed by atoms with E-state index in [1.807, 2.05) is 24.3 Å². The van der Waals surface area contributed by atoms with Gasteiger partial charge in [0.05, 0.1) is 14.2 Å². The number of rotatable bonds is 5. The Morgan fingerprint density at radius 3 is 2.42 bits per heavy atom. The molecule has 33 heavy (non-hydrogen) atoms. The zero-order valence-electron chi connectivity index (χ0n) is 19.8. The highest BCUT2D eigenvalue weighted by Crippen LogP contribution is 2.46. The predicted molar refractivity (Wildman–Crippen MR) is 129 cm³/mol. The first kappa shape index (κ1) is 22.1. The van der Waals surface area contributed by atoms with Crippen molar-refractivity contribution in [3.63, 3.8) is 0 Å². The van der Waals surface area contributed by atoms with Gasteiger partial charge in [0.15, 0.2) is 23.0 Å². The van der Waals surface area contributed by atoms with Crippen LogP contribution in [0.5, 0.6) is 23.0 Å². The third kappa shape index (κ3) is 3.95. The highest BCUT2D eigenvalue weighted by atomic mass is 16.5. The summed E-state index contributed by atoms with van der Waals surface area (Å²) in [6, 6.07) is 8.09. The van der Waals surface area contributed by atoms with E-state index >= 15 is 0 Å². The summed E-state index contributed by atoms with van der Waals surface area (Å²) < 4.78 is 10.8. The fourth-order valence-corrected chi connectivity index (χ4v) is 6.14. The number of phenols is 2. The monoisotopic (exact) mass is 450 g/mol. The summed E-state index contributed by atoms with van der Waals surface area (Å²) in [6.07, 6.45) is 4.98. The topological polar surface area (TPSA) is 74.5 Å². The van der Waals surface area contributed by atoms with Crippen molar-refractivity contribution in [2.75, 3.05) is 33.9 Å². The first-order valence-electron chi connectivity index (χ1n) is 12.1. The Bertz CT molecular complexity index is 1080. The van der Waals surface area contributed by atoms with Crippen LogP contribution >= 0.6 is 0 Å². The van der Waals surface area contributed by atoms with Crippen LogP contribution in [0.1, 0.15) is 54.5 Å². The number of hydrogen-bond donors (Lipinski definition) is 2. The lowest BCUT2D eigenvalue weighted by Gasteiger charge is -2.47. The van der Waals surface area contributed by atoms with E-state index in [0.29, 0.717) is 29.4 Å². The fourth-order valence-electron chi connectivity index (χ4n) is 6.14. The van der Waals surface area contributed by atoms with Crippen LogP contribution < -0.4 is 9.47 Å². The number of hydrogen-bond acceptors (Lipinski definition) is 6. The van der Waals surface area contributed by atoms with Crippen LogP contribution in [0.4, 0.5) is 0 Å². The molecule has 1 fully saturated rings. The molecule has 3 heterocycles. The minimum atomic E-state index is 0.202. The molecule has 176 valence electrons. The molecule has 2 N–H and O–H groups in total. The van der Waals surface area contributed by atoms with Crippen molar-refractivity contribution in [2.24, 2.45) is 16.8 Å². The highest BCUT2D eigenvalue weighted by molar-refractivity contribution is 6.03. The average molecular weight is 451 g/mol.